The maximum atomic E-state index is 13.7. The van der Waals surface area contributed by atoms with Crippen molar-refractivity contribution in [3.63, 3.8) is 0 Å². The molecule has 1 aromatic rings. The highest BCUT2D eigenvalue weighted by atomic mass is 32.2. The Labute approximate surface area is 132 Å². The minimum absolute atomic E-state index is 0.177. The predicted molar refractivity (Wildman–Crippen MR) is 74.8 cm³/mol. The smallest absolute Gasteiger partial charge is 0.324 e. The molecule has 5 nitrogen and oxygen atoms in total. The first-order valence-electron chi connectivity index (χ1n) is 6.82. The van der Waals surface area contributed by atoms with Gasteiger partial charge in [0.1, 0.15) is 11.9 Å². The molecule has 1 aliphatic heterocycles. The summed E-state index contributed by atoms with van der Waals surface area (Å²) < 4.78 is 70.8. The van der Waals surface area contributed by atoms with Crippen LogP contribution < -0.4 is 0 Å². The number of ether oxygens (including phenoxy) is 1. The van der Waals surface area contributed by atoms with E-state index in [0.29, 0.717) is 11.2 Å². The number of hydrogen-bond donors (Lipinski definition) is 0. The van der Waals surface area contributed by atoms with Crippen molar-refractivity contribution < 1.29 is 31.1 Å². The summed E-state index contributed by atoms with van der Waals surface area (Å²) in [5, 5.41) is 0. The molecule has 128 valence electrons. The van der Waals surface area contributed by atoms with Gasteiger partial charge in [-0.1, -0.05) is 0 Å². The van der Waals surface area contributed by atoms with E-state index in [1.807, 2.05) is 0 Å². The number of alkyl halides is 2. The van der Waals surface area contributed by atoms with Crippen LogP contribution in [0.3, 0.4) is 0 Å². The monoisotopic (exact) mass is 351 g/mol. The number of sulfonamides is 1. The van der Waals surface area contributed by atoms with Gasteiger partial charge in [0.2, 0.25) is 15.9 Å². The summed E-state index contributed by atoms with van der Waals surface area (Å²) in [6, 6.07) is 2.33. The number of esters is 1. The van der Waals surface area contributed by atoms with Crippen LogP contribution in [0.2, 0.25) is 0 Å². The van der Waals surface area contributed by atoms with Crippen LogP contribution in [-0.4, -0.2) is 44.3 Å². The molecule has 1 heterocycles. The van der Waals surface area contributed by atoms with Gasteiger partial charge in [0.25, 0.3) is 0 Å². The predicted octanol–water partition coefficient (Wildman–Crippen LogP) is 2.03. The Bertz CT molecular complexity index is 685. The highest BCUT2D eigenvalue weighted by Gasteiger charge is 2.54. The van der Waals surface area contributed by atoms with E-state index in [2.05, 4.69) is 4.74 Å². The number of rotatable bonds is 4. The molecule has 1 aromatic carbocycles. The Morgan fingerprint density at radius 3 is 2.35 bits per heavy atom. The second-order valence-electron chi connectivity index (χ2n) is 5.39. The zero-order valence-corrected chi connectivity index (χ0v) is 13.3. The van der Waals surface area contributed by atoms with E-state index in [1.165, 1.54) is 0 Å². The van der Waals surface area contributed by atoms with Crippen LogP contribution in [0.1, 0.15) is 13.3 Å². The average Bonchev–Trinajstić information content (AvgIpc) is 2.92. The van der Waals surface area contributed by atoms with Crippen molar-refractivity contribution in [3.8, 4) is 0 Å². The zero-order chi connectivity index (χ0) is 17.4. The molecule has 0 radical (unpaired) electrons. The topological polar surface area (TPSA) is 63.7 Å². The second kappa shape index (κ2) is 6.12. The highest BCUT2D eigenvalue weighted by molar-refractivity contribution is 7.89. The van der Waals surface area contributed by atoms with Crippen molar-refractivity contribution in [3.05, 3.63) is 30.1 Å². The number of hydrogen-bond acceptors (Lipinski definition) is 4. The lowest BCUT2D eigenvalue weighted by Gasteiger charge is -2.28. The molecule has 0 unspecified atom stereocenters. The maximum Gasteiger partial charge on any atom is 0.324 e. The van der Waals surface area contributed by atoms with Crippen LogP contribution in [0, 0.1) is 11.7 Å². The molecular formula is C14H16F3NO4S. The number of methoxy groups -OCH3 is 1. The van der Waals surface area contributed by atoms with Gasteiger partial charge in [-0.2, -0.15) is 4.31 Å². The minimum atomic E-state index is -4.22. The zero-order valence-electron chi connectivity index (χ0n) is 12.5. The van der Waals surface area contributed by atoms with Crippen LogP contribution in [0.5, 0.6) is 0 Å². The van der Waals surface area contributed by atoms with Crippen molar-refractivity contribution in [1.82, 2.24) is 4.31 Å². The average molecular weight is 351 g/mol. The summed E-state index contributed by atoms with van der Waals surface area (Å²) in [6.45, 7) is 0.398. The summed E-state index contributed by atoms with van der Waals surface area (Å²) in [7, 11) is -3.21. The van der Waals surface area contributed by atoms with Crippen LogP contribution in [0.4, 0.5) is 13.2 Å². The van der Waals surface area contributed by atoms with Gasteiger partial charge in [-0.3, -0.25) is 4.79 Å². The Hall–Kier alpha value is -1.61. The van der Waals surface area contributed by atoms with Gasteiger partial charge in [-0.05, 0) is 37.6 Å². The molecule has 9 heteroatoms. The minimum Gasteiger partial charge on any atom is -0.468 e. The van der Waals surface area contributed by atoms with Gasteiger partial charge in [-0.15, -0.1) is 0 Å². The number of halogens is 3. The van der Waals surface area contributed by atoms with Crippen LogP contribution in [0.25, 0.3) is 0 Å². The van der Waals surface area contributed by atoms with Crippen molar-refractivity contribution in [2.75, 3.05) is 13.7 Å². The summed E-state index contributed by atoms with van der Waals surface area (Å²) in [5.41, 5.74) is 0. The Morgan fingerprint density at radius 2 is 1.87 bits per heavy atom. The molecule has 2 rings (SSSR count). The lowest BCUT2D eigenvalue weighted by atomic mass is 9.94. The largest absolute Gasteiger partial charge is 0.468 e. The van der Waals surface area contributed by atoms with E-state index in [4.69, 9.17) is 0 Å². The molecule has 1 fully saturated rings. The van der Waals surface area contributed by atoms with E-state index in [-0.39, 0.29) is 17.9 Å². The van der Waals surface area contributed by atoms with Gasteiger partial charge in [-0.25, -0.2) is 21.6 Å². The van der Waals surface area contributed by atoms with Crippen molar-refractivity contribution in [1.29, 1.82) is 0 Å². The third-order valence-electron chi connectivity index (χ3n) is 3.87. The Balaban J connectivity index is 2.44. The van der Waals surface area contributed by atoms with E-state index in [0.717, 1.165) is 31.4 Å². The quantitative estimate of drug-likeness (QED) is 0.779. The van der Waals surface area contributed by atoms with E-state index >= 15 is 0 Å². The number of carbonyl (C=O) groups excluding carboxylic acids is 1. The lowest BCUT2D eigenvalue weighted by Crippen LogP contribution is -2.47. The van der Waals surface area contributed by atoms with E-state index < -0.39 is 39.7 Å². The molecule has 0 N–H and O–H groups in total. The normalized spacial score (nSPS) is 23.0. The lowest BCUT2D eigenvalue weighted by molar-refractivity contribution is -0.150. The van der Waals surface area contributed by atoms with Gasteiger partial charge in [0.15, 0.2) is 0 Å². The molecule has 0 aromatic heterocycles. The van der Waals surface area contributed by atoms with Crippen LogP contribution >= 0.6 is 0 Å². The molecule has 1 saturated heterocycles. The van der Waals surface area contributed by atoms with Crippen molar-refractivity contribution in [2.24, 2.45) is 5.92 Å². The first-order valence-corrected chi connectivity index (χ1v) is 8.26. The molecule has 23 heavy (non-hydrogen) atoms. The van der Waals surface area contributed by atoms with Crippen LogP contribution in [-0.2, 0) is 19.6 Å². The summed E-state index contributed by atoms with van der Waals surface area (Å²) >= 11 is 0. The van der Waals surface area contributed by atoms with Crippen LogP contribution in [0.15, 0.2) is 29.2 Å². The van der Waals surface area contributed by atoms with Crippen molar-refractivity contribution in [2.45, 2.75) is 30.2 Å². The van der Waals surface area contributed by atoms with E-state index in [1.54, 1.807) is 0 Å². The first-order chi connectivity index (χ1) is 10.6. The van der Waals surface area contributed by atoms with Gasteiger partial charge in [0.05, 0.1) is 17.9 Å². The fourth-order valence-electron chi connectivity index (χ4n) is 2.71. The maximum absolute atomic E-state index is 13.7. The first kappa shape index (κ1) is 17.7. The molecule has 1 aliphatic rings. The summed E-state index contributed by atoms with van der Waals surface area (Å²) in [4.78, 5) is 11.6. The second-order valence-corrected chi connectivity index (χ2v) is 7.28. The Morgan fingerprint density at radius 1 is 1.30 bits per heavy atom. The SMILES string of the molecule is COC(=O)[C@@H]1[C@@H](C(C)(F)F)CCN1S(=O)(=O)c1ccc(F)cc1. The van der Waals surface area contributed by atoms with Crippen molar-refractivity contribution >= 4 is 16.0 Å². The molecule has 2 atom stereocenters. The van der Waals surface area contributed by atoms with Gasteiger partial charge >= 0.3 is 5.97 Å². The summed E-state index contributed by atoms with van der Waals surface area (Å²) in [6.07, 6.45) is -0.177. The van der Waals surface area contributed by atoms with Gasteiger partial charge in [0, 0.05) is 6.54 Å². The molecule has 0 aliphatic carbocycles. The summed E-state index contributed by atoms with van der Waals surface area (Å²) in [5.74, 6) is -6.40. The third kappa shape index (κ3) is 3.35. The van der Waals surface area contributed by atoms with E-state index in [9.17, 15) is 26.4 Å². The highest BCUT2D eigenvalue weighted by Crippen LogP contribution is 2.39. The number of nitrogens with zero attached hydrogens (tertiary/aromatic N) is 1. The fraction of sp³-hybridized carbons (Fsp3) is 0.500. The standard InChI is InChI=1S/C14H16F3NO4S/c1-14(16,17)11-7-8-18(12(11)13(19)22-2)23(20,21)10-5-3-9(15)4-6-10/h3-6,11-12H,7-8H2,1-2H3/t11-,12-/m0/s1. The molecule has 0 bridgehead atoms. The molecular weight excluding hydrogens is 335 g/mol. The molecule has 0 amide bonds. The number of carbonyl (C=O) groups is 1. The fourth-order valence-corrected chi connectivity index (χ4v) is 4.34. The third-order valence-corrected chi connectivity index (χ3v) is 5.76. The molecule has 0 saturated carbocycles. The Kier molecular flexibility index (Phi) is 4.72. The molecule has 0 spiro atoms. The number of benzene rings is 1. The van der Waals surface area contributed by atoms with Gasteiger partial charge < -0.3 is 4.74 Å².